The number of nitriles is 1. The van der Waals surface area contributed by atoms with E-state index in [1.165, 1.54) is 43.6 Å². The number of hydrogen-bond donors (Lipinski definition) is 2. The Morgan fingerprint density at radius 3 is 2.82 bits per heavy atom. The van der Waals surface area contributed by atoms with E-state index in [-0.39, 0.29) is 0 Å². The number of rotatable bonds is 4. The van der Waals surface area contributed by atoms with Crippen LogP contribution in [-0.4, -0.2) is 10.9 Å². The van der Waals surface area contributed by atoms with Crippen molar-refractivity contribution in [3.05, 3.63) is 5.56 Å². The summed E-state index contributed by atoms with van der Waals surface area (Å²) in [5.41, 5.74) is 6.55. The Hall–Kier alpha value is -1.28. The number of aromatic nitrogens is 1. The molecule has 92 valence electrons. The first kappa shape index (κ1) is 12.2. The zero-order valence-electron chi connectivity index (χ0n) is 10.1. The van der Waals surface area contributed by atoms with Crippen molar-refractivity contribution in [2.75, 3.05) is 17.6 Å². The van der Waals surface area contributed by atoms with Gasteiger partial charge in [-0.15, -0.1) is 0 Å². The average molecular weight is 250 g/mol. The molecule has 4 nitrogen and oxygen atoms in total. The largest absolute Gasteiger partial charge is 0.382 e. The minimum Gasteiger partial charge on any atom is -0.382 e. The maximum absolute atomic E-state index is 9.00. The summed E-state index contributed by atoms with van der Waals surface area (Å²) in [6, 6.07) is 2.11. The van der Waals surface area contributed by atoms with Crippen molar-refractivity contribution in [3.63, 3.8) is 0 Å². The molecule has 1 aromatic heterocycles. The van der Waals surface area contributed by atoms with Gasteiger partial charge < -0.3 is 11.1 Å². The van der Waals surface area contributed by atoms with Gasteiger partial charge in [0.15, 0.2) is 5.82 Å². The molecule has 5 heteroatoms. The number of nitrogens with one attached hydrogen (secondary N) is 1. The van der Waals surface area contributed by atoms with Crippen LogP contribution in [-0.2, 0) is 0 Å². The van der Waals surface area contributed by atoms with Crippen LogP contribution in [0.2, 0.25) is 0 Å². The van der Waals surface area contributed by atoms with Crippen LogP contribution in [0.1, 0.15) is 44.6 Å². The molecule has 17 heavy (non-hydrogen) atoms. The summed E-state index contributed by atoms with van der Waals surface area (Å²) in [5, 5.41) is 13.2. The van der Waals surface area contributed by atoms with E-state index in [1.54, 1.807) is 0 Å². The fraction of sp³-hybridized carbons (Fsp3) is 0.667. The Morgan fingerprint density at radius 1 is 1.53 bits per heavy atom. The Kier molecular flexibility index (Phi) is 3.53. The molecule has 2 rings (SSSR count). The van der Waals surface area contributed by atoms with Crippen LogP contribution in [0, 0.1) is 16.7 Å². The molecule has 0 unspecified atom stereocenters. The Bertz CT molecular complexity index is 426. The van der Waals surface area contributed by atoms with E-state index >= 15 is 0 Å². The van der Waals surface area contributed by atoms with E-state index in [2.05, 4.69) is 22.7 Å². The first-order chi connectivity index (χ1) is 8.21. The summed E-state index contributed by atoms with van der Waals surface area (Å²) >= 11 is 1.28. The minimum atomic E-state index is 0.344. The number of hydrogen-bond acceptors (Lipinski definition) is 5. The van der Waals surface area contributed by atoms with Crippen LogP contribution in [0.25, 0.3) is 0 Å². The number of nitrogens with two attached hydrogens (primary N) is 1. The molecule has 3 N–H and O–H groups in total. The van der Waals surface area contributed by atoms with E-state index in [0.717, 1.165) is 11.5 Å². The van der Waals surface area contributed by atoms with Gasteiger partial charge in [-0.3, -0.25) is 0 Å². The SMILES string of the molecule is CCC1(CNc2snc(N)c2C#N)CCCC1. The molecule has 1 aliphatic carbocycles. The second-order valence-electron chi connectivity index (χ2n) is 4.80. The second kappa shape index (κ2) is 4.92. The smallest absolute Gasteiger partial charge is 0.157 e. The van der Waals surface area contributed by atoms with Crippen LogP contribution in [0.4, 0.5) is 10.8 Å². The third-order valence-electron chi connectivity index (χ3n) is 3.87. The van der Waals surface area contributed by atoms with Crippen molar-refractivity contribution in [2.24, 2.45) is 5.41 Å². The molecule has 1 aliphatic rings. The fourth-order valence-electron chi connectivity index (χ4n) is 2.58. The van der Waals surface area contributed by atoms with Gasteiger partial charge in [0.2, 0.25) is 0 Å². The van der Waals surface area contributed by atoms with Crippen molar-refractivity contribution in [3.8, 4) is 6.07 Å². The highest BCUT2D eigenvalue weighted by Crippen LogP contribution is 2.41. The zero-order chi connectivity index (χ0) is 12.3. The number of nitrogen functional groups attached to an aromatic ring is 1. The first-order valence-corrected chi connectivity index (χ1v) is 6.87. The van der Waals surface area contributed by atoms with E-state index in [0.29, 0.717) is 16.8 Å². The highest BCUT2D eigenvalue weighted by molar-refractivity contribution is 7.10. The highest BCUT2D eigenvalue weighted by Gasteiger charge is 2.32. The van der Waals surface area contributed by atoms with E-state index in [4.69, 9.17) is 11.0 Å². The lowest BCUT2D eigenvalue weighted by Gasteiger charge is -2.27. The number of anilines is 2. The summed E-state index contributed by atoms with van der Waals surface area (Å²) < 4.78 is 4.02. The fourth-order valence-corrected chi connectivity index (χ4v) is 3.24. The van der Waals surface area contributed by atoms with Crippen LogP contribution >= 0.6 is 11.5 Å². The van der Waals surface area contributed by atoms with Gasteiger partial charge in [0.05, 0.1) is 0 Å². The second-order valence-corrected chi connectivity index (χ2v) is 5.57. The maximum atomic E-state index is 9.00. The van der Waals surface area contributed by atoms with Crippen LogP contribution < -0.4 is 11.1 Å². The predicted octanol–water partition coefficient (Wildman–Crippen LogP) is 2.98. The van der Waals surface area contributed by atoms with Crippen molar-refractivity contribution >= 4 is 22.4 Å². The Labute approximate surface area is 106 Å². The van der Waals surface area contributed by atoms with Gasteiger partial charge >= 0.3 is 0 Å². The van der Waals surface area contributed by atoms with Crippen LogP contribution in [0.15, 0.2) is 0 Å². The first-order valence-electron chi connectivity index (χ1n) is 6.10. The molecule has 0 aliphatic heterocycles. The van der Waals surface area contributed by atoms with Crippen LogP contribution in [0.3, 0.4) is 0 Å². The molecule has 0 saturated heterocycles. The molecule has 0 atom stereocenters. The molecule has 1 aromatic rings. The quantitative estimate of drug-likeness (QED) is 0.861. The van der Waals surface area contributed by atoms with Gasteiger partial charge in [-0.2, -0.15) is 9.64 Å². The average Bonchev–Trinajstić information content (AvgIpc) is 2.94. The third kappa shape index (κ3) is 2.37. The zero-order valence-corrected chi connectivity index (χ0v) is 10.9. The van der Waals surface area contributed by atoms with E-state index < -0.39 is 0 Å². The lowest BCUT2D eigenvalue weighted by molar-refractivity contribution is 0.307. The lowest BCUT2D eigenvalue weighted by atomic mass is 9.83. The van der Waals surface area contributed by atoms with Crippen molar-refractivity contribution in [2.45, 2.75) is 39.0 Å². The van der Waals surface area contributed by atoms with Gasteiger partial charge in [0.25, 0.3) is 0 Å². The van der Waals surface area contributed by atoms with Crippen molar-refractivity contribution < 1.29 is 0 Å². The lowest BCUT2D eigenvalue weighted by Crippen LogP contribution is -2.25. The molecule has 0 aromatic carbocycles. The Balaban J connectivity index is 2.04. The van der Waals surface area contributed by atoms with Crippen molar-refractivity contribution in [1.82, 2.24) is 4.37 Å². The molecular formula is C12H18N4S. The third-order valence-corrected chi connectivity index (χ3v) is 4.69. The van der Waals surface area contributed by atoms with Gasteiger partial charge in [0.1, 0.15) is 16.6 Å². The molecule has 0 spiro atoms. The topological polar surface area (TPSA) is 74.7 Å². The van der Waals surface area contributed by atoms with Gasteiger partial charge in [-0.1, -0.05) is 19.8 Å². The van der Waals surface area contributed by atoms with Crippen LogP contribution in [0.5, 0.6) is 0 Å². The summed E-state index contributed by atoms with van der Waals surface area (Å²) in [7, 11) is 0. The molecule has 0 amide bonds. The van der Waals surface area contributed by atoms with Gasteiger partial charge in [0, 0.05) is 6.54 Å². The summed E-state index contributed by atoms with van der Waals surface area (Å²) in [4.78, 5) is 0. The van der Waals surface area contributed by atoms with E-state index in [1.807, 2.05) is 0 Å². The van der Waals surface area contributed by atoms with Crippen molar-refractivity contribution in [1.29, 1.82) is 5.26 Å². The standard InChI is InChI=1S/C12H18N4S/c1-2-12(5-3-4-6-12)8-15-11-9(7-13)10(14)16-17-11/h15H,2-6,8H2,1H3,(H2,14,16). The minimum absolute atomic E-state index is 0.344. The molecule has 0 bridgehead atoms. The highest BCUT2D eigenvalue weighted by atomic mass is 32.1. The molecule has 0 radical (unpaired) electrons. The number of nitrogens with zero attached hydrogens (tertiary/aromatic N) is 2. The molecular weight excluding hydrogens is 232 g/mol. The monoisotopic (exact) mass is 250 g/mol. The summed E-state index contributed by atoms with van der Waals surface area (Å²) in [6.45, 7) is 3.18. The predicted molar refractivity (Wildman–Crippen MR) is 70.9 cm³/mol. The summed E-state index contributed by atoms with van der Waals surface area (Å²) in [6.07, 6.45) is 6.41. The molecule has 1 saturated carbocycles. The molecule has 1 heterocycles. The molecule has 1 fully saturated rings. The Morgan fingerprint density at radius 2 is 2.24 bits per heavy atom. The normalized spacial score (nSPS) is 17.9. The summed E-state index contributed by atoms with van der Waals surface area (Å²) in [5.74, 6) is 0.344. The van der Waals surface area contributed by atoms with E-state index in [9.17, 15) is 0 Å². The van der Waals surface area contributed by atoms with Gasteiger partial charge in [-0.25, -0.2) is 0 Å². The van der Waals surface area contributed by atoms with Gasteiger partial charge in [-0.05, 0) is 36.2 Å². The maximum Gasteiger partial charge on any atom is 0.157 e.